The van der Waals surface area contributed by atoms with Gasteiger partial charge in [-0.15, -0.1) is 11.3 Å². The molecule has 28 heavy (non-hydrogen) atoms. The highest BCUT2D eigenvalue weighted by Crippen LogP contribution is 2.37. The van der Waals surface area contributed by atoms with Crippen LogP contribution in [0.4, 0.5) is 17.6 Å². The first-order valence-electron chi connectivity index (χ1n) is 9.16. The fraction of sp³-hybridized carbons (Fsp3) is 0.500. The average molecular weight is 414 g/mol. The number of hydrogen-bond acceptors (Lipinski definition) is 4. The molecule has 0 aliphatic carbocycles. The quantitative estimate of drug-likeness (QED) is 0.608. The van der Waals surface area contributed by atoms with E-state index >= 15 is 0 Å². The number of carbonyl (C=O) groups excluding carboxylic acids is 1. The highest BCUT2D eigenvalue weighted by molar-refractivity contribution is 7.12. The van der Waals surface area contributed by atoms with Gasteiger partial charge in [0.2, 0.25) is 0 Å². The second-order valence-corrected chi connectivity index (χ2v) is 8.60. The summed E-state index contributed by atoms with van der Waals surface area (Å²) in [6.07, 6.45) is -2.43. The number of likely N-dealkylation sites (tertiary alicyclic amines) is 1. The van der Waals surface area contributed by atoms with Crippen molar-refractivity contribution in [2.45, 2.75) is 64.8 Å². The molecule has 8 heteroatoms. The summed E-state index contributed by atoms with van der Waals surface area (Å²) in [5, 5.41) is 0.537. The van der Waals surface area contributed by atoms with Crippen LogP contribution in [0.5, 0.6) is 0 Å². The number of ketones is 1. The minimum Gasteiger partial charge on any atom is -0.300 e. The number of hydrogen-bond donors (Lipinski definition) is 0. The lowest BCUT2D eigenvalue weighted by atomic mass is 10.1. The minimum atomic E-state index is -4.65. The van der Waals surface area contributed by atoms with Crippen molar-refractivity contribution in [3.63, 3.8) is 0 Å². The van der Waals surface area contributed by atoms with Gasteiger partial charge in [0.1, 0.15) is 16.6 Å². The Hall–Kier alpha value is -1.80. The number of carbonyl (C=O) groups is 1. The zero-order valence-corrected chi connectivity index (χ0v) is 16.8. The molecule has 1 fully saturated rings. The van der Waals surface area contributed by atoms with Gasteiger partial charge in [-0.05, 0) is 51.8 Å². The molecule has 1 aliphatic rings. The molecule has 1 aromatic carbocycles. The molecule has 1 aromatic heterocycles. The van der Waals surface area contributed by atoms with Gasteiger partial charge in [0.05, 0.1) is 17.7 Å². The average Bonchev–Trinajstić information content (AvgIpc) is 3.11. The van der Waals surface area contributed by atoms with E-state index in [0.29, 0.717) is 35.4 Å². The van der Waals surface area contributed by atoms with Crippen molar-refractivity contribution in [3.05, 3.63) is 39.5 Å². The third-order valence-electron chi connectivity index (χ3n) is 5.10. The van der Waals surface area contributed by atoms with Crippen LogP contribution in [0.2, 0.25) is 0 Å². The fourth-order valence-electron chi connectivity index (χ4n) is 3.64. The van der Waals surface area contributed by atoms with Crippen LogP contribution < -0.4 is 0 Å². The van der Waals surface area contributed by atoms with Gasteiger partial charge in [0, 0.05) is 29.1 Å². The molecule has 0 saturated carbocycles. The predicted octanol–water partition coefficient (Wildman–Crippen LogP) is 5.47. The van der Waals surface area contributed by atoms with Crippen molar-refractivity contribution in [1.82, 2.24) is 9.88 Å². The molecule has 0 N–H and O–H groups in total. The second-order valence-electron chi connectivity index (χ2n) is 7.43. The molecule has 2 aromatic rings. The van der Waals surface area contributed by atoms with E-state index in [0.717, 1.165) is 29.9 Å². The zero-order chi connectivity index (χ0) is 20.6. The number of halogens is 4. The largest absolute Gasteiger partial charge is 0.416 e. The van der Waals surface area contributed by atoms with Crippen LogP contribution in [-0.2, 0) is 23.9 Å². The smallest absolute Gasteiger partial charge is 0.300 e. The summed E-state index contributed by atoms with van der Waals surface area (Å²) in [4.78, 5) is 19.0. The SMILES string of the molecule is CC(=O)Cc1nc(-c2cc(F)cc(C(F)(F)F)c2)c(CN2[C@H](C)CC[C@H]2C)s1. The first kappa shape index (κ1) is 20.9. The van der Waals surface area contributed by atoms with E-state index in [1.807, 2.05) is 0 Å². The van der Waals surface area contributed by atoms with Gasteiger partial charge in [0.25, 0.3) is 0 Å². The van der Waals surface area contributed by atoms with E-state index in [-0.39, 0.29) is 17.8 Å². The van der Waals surface area contributed by atoms with Crippen molar-refractivity contribution in [2.24, 2.45) is 0 Å². The molecule has 0 radical (unpaired) electrons. The van der Waals surface area contributed by atoms with E-state index in [2.05, 4.69) is 23.7 Å². The highest BCUT2D eigenvalue weighted by atomic mass is 32.1. The summed E-state index contributed by atoms with van der Waals surface area (Å²) in [6, 6.07) is 3.17. The molecule has 2 heterocycles. The molecular formula is C20H22F4N2OS. The lowest BCUT2D eigenvalue weighted by Gasteiger charge is -2.25. The number of Topliss-reactive ketones (excluding diaryl/α,β-unsaturated/α-hetero) is 1. The number of aromatic nitrogens is 1. The van der Waals surface area contributed by atoms with Gasteiger partial charge in [-0.25, -0.2) is 9.37 Å². The number of thiazole rings is 1. The Balaban J connectivity index is 2.05. The van der Waals surface area contributed by atoms with Crippen molar-refractivity contribution in [1.29, 1.82) is 0 Å². The number of alkyl halides is 3. The summed E-state index contributed by atoms with van der Waals surface area (Å²) < 4.78 is 53.3. The van der Waals surface area contributed by atoms with Crippen LogP contribution in [0.25, 0.3) is 11.3 Å². The summed E-state index contributed by atoms with van der Waals surface area (Å²) >= 11 is 1.32. The standard InChI is InChI=1S/C20H22F4N2OS/c1-11-4-5-12(2)26(11)10-17-19(25-18(28-17)6-13(3)27)14-7-15(20(22,23)24)9-16(21)8-14/h7-9,11-12H,4-6,10H2,1-3H3/t11-,12-/m1/s1. The Morgan fingerprint density at radius 3 is 2.43 bits per heavy atom. The molecule has 2 atom stereocenters. The molecule has 3 rings (SSSR count). The van der Waals surface area contributed by atoms with Gasteiger partial charge in [-0.1, -0.05) is 0 Å². The molecule has 0 bridgehead atoms. The first-order valence-corrected chi connectivity index (χ1v) is 9.98. The van der Waals surface area contributed by atoms with Crippen LogP contribution in [0.15, 0.2) is 18.2 Å². The molecule has 0 amide bonds. The van der Waals surface area contributed by atoms with Crippen LogP contribution in [0.3, 0.4) is 0 Å². The summed E-state index contributed by atoms with van der Waals surface area (Å²) in [7, 11) is 0. The van der Waals surface area contributed by atoms with Crippen LogP contribution in [-0.4, -0.2) is 27.8 Å². The van der Waals surface area contributed by atoms with Crippen LogP contribution in [0, 0.1) is 5.82 Å². The van der Waals surface area contributed by atoms with E-state index < -0.39 is 17.6 Å². The molecule has 3 nitrogen and oxygen atoms in total. The van der Waals surface area contributed by atoms with E-state index in [9.17, 15) is 22.4 Å². The number of rotatable bonds is 5. The monoisotopic (exact) mass is 414 g/mol. The minimum absolute atomic E-state index is 0.0787. The Labute approximate surface area is 165 Å². The molecule has 152 valence electrons. The van der Waals surface area contributed by atoms with E-state index in [1.165, 1.54) is 18.3 Å². The number of benzene rings is 1. The Bertz CT molecular complexity index is 868. The van der Waals surface area contributed by atoms with Crippen LogP contribution in [0.1, 0.15) is 49.1 Å². The predicted molar refractivity (Wildman–Crippen MR) is 101 cm³/mol. The van der Waals surface area contributed by atoms with Gasteiger partial charge in [-0.3, -0.25) is 9.69 Å². The van der Waals surface area contributed by atoms with Crippen molar-refractivity contribution in [2.75, 3.05) is 0 Å². The lowest BCUT2D eigenvalue weighted by Crippen LogP contribution is -2.31. The van der Waals surface area contributed by atoms with Crippen molar-refractivity contribution < 1.29 is 22.4 Å². The molecule has 1 aliphatic heterocycles. The molecule has 1 saturated heterocycles. The topological polar surface area (TPSA) is 33.2 Å². The second kappa shape index (κ2) is 7.91. The molecule has 0 unspecified atom stereocenters. The van der Waals surface area contributed by atoms with Gasteiger partial charge in [-0.2, -0.15) is 13.2 Å². The zero-order valence-electron chi connectivity index (χ0n) is 15.9. The summed E-state index contributed by atoms with van der Waals surface area (Å²) in [5.41, 5.74) is -0.622. The van der Waals surface area contributed by atoms with Gasteiger partial charge >= 0.3 is 6.18 Å². The third kappa shape index (κ3) is 4.60. The highest BCUT2D eigenvalue weighted by Gasteiger charge is 2.33. The van der Waals surface area contributed by atoms with Gasteiger partial charge in [0.15, 0.2) is 0 Å². The van der Waals surface area contributed by atoms with Crippen molar-refractivity contribution in [3.8, 4) is 11.3 Å². The maximum absolute atomic E-state index is 13.9. The van der Waals surface area contributed by atoms with Crippen LogP contribution >= 0.6 is 11.3 Å². The van der Waals surface area contributed by atoms with E-state index in [4.69, 9.17) is 0 Å². The maximum atomic E-state index is 13.9. The Morgan fingerprint density at radius 1 is 1.21 bits per heavy atom. The van der Waals surface area contributed by atoms with Crippen molar-refractivity contribution >= 4 is 17.1 Å². The number of nitrogens with zero attached hydrogens (tertiary/aromatic N) is 2. The Kier molecular flexibility index (Phi) is 5.91. The first-order chi connectivity index (χ1) is 13.0. The Morgan fingerprint density at radius 2 is 1.86 bits per heavy atom. The third-order valence-corrected chi connectivity index (χ3v) is 6.14. The van der Waals surface area contributed by atoms with E-state index in [1.54, 1.807) is 0 Å². The fourth-order valence-corrected chi connectivity index (χ4v) is 4.81. The molecular weight excluding hydrogens is 392 g/mol. The summed E-state index contributed by atoms with van der Waals surface area (Å²) in [5.74, 6) is -1.04. The summed E-state index contributed by atoms with van der Waals surface area (Å²) in [6.45, 7) is 6.19. The van der Waals surface area contributed by atoms with Gasteiger partial charge < -0.3 is 0 Å². The maximum Gasteiger partial charge on any atom is 0.416 e. The normalized spacial score (nSPS) is 20.7. The lowest BCUT2D eigenvalue weighted by molar-refractivity contribution is -0.137. The molecule has 0 spiro atoms.